The van der Waals surface area contributed by atoms with Crippen molar-refractivity contribution in [2.75, 3.05) is 6.54 Å². The summed E-state index contributed by atoms with van der Waals surface area (Å²) in [5.74, 6) is 0. The molecule has 3 rings (SSSR count). The van der Waals surface area contributed by atoms with E-state index in [1.807, 2.05) is 36.4 Å². The third-order valence-corrected chi connectivity index (χ3v) is 8.58. The van der Waals surface area contributed by atoms with Crippen molar-refractivity contribution in [3.8, 4) is 0 Å². The molecule has 0 atom stereocenters. The van der Waals surface area contributed by atoms with Crippen LogP contribution < -0.4 is 0 Å². The van der Waals surface area contributed by atoms with E-state index < -0.39 is 0 Å². The molecule has 1 aliphatic rings. The number of unbranched alkanes of at least 4 members (excludes halogenated alkanes) is 15. The van der Waals surface area contributed by atoms with E-state index in [1.54, 1.807) is 0 Å². The molecule has 4 nitrogen and oxygen atoms in total. The monoisotopic (exact) mass is 598 g/mol. The molecule has 1 saturated carbocycles. The molecule has 0 saturated heterocycles. The zero-order valence-corrected chi connectivity index (χ0v) is 28.5. The van der Waals surface area contributed by atoms with Crippen molar-refractivity contribution in [2.45, 2.75) is 162 Å². The second-order valence-corrected chi connectivity index (χ2v) is 12.6. The first-order valence-electron chi connectivity index (χ1n) is 18.1. The highest BCUT2D eigenvalue weighted by molar-refractivity contribution is 5.56. The van der Waals surface area contributed by atoms with Gasteiger partial charge in [-0.25, -0.2) is 9.98 Å². The van der Waals surface area contributed by atoms with Gasteiger partial charge in [0, 0.05) is 6.54 Å². The van der Waals surface area contributed by atoms with Crippen molar-refractivity contribution < 1.29 is 0 Å². The van der Waals surface area contributed by atoms with Gasteiger partial charge in [0.1, 0.15) is 0 Å². The van der Waals surface area contributed by atoms with Gasteiger partial charge >= 0.3 is 0 Å². The summed E-state index contributed by atoms with van der Waals surface area (Å²) in [4.78, 5) is 17.3. The van der Waals surface area contributed by atoms with Crippen LogP contribution in [0.3, 0.4) is 0 Å². The van der Waals surface area contributed by atoms with Gasteiger partial charge in [0.25, 0.3) is 0 Å². The highest BCUT2D eigenvalue weighted by Gasteiger charge is 2.10. The van der Waals surface area contributed by atoms with Gasteiger partial charge in [-0.1, -0.05) is 159 Å². The van der Waals surface area contributed by atoms with Gasteiger partial charge in [0.15, 0.2) is 0 Å². The fourth-order valence-corrected chi connectivity index (χ4v) is 5.63. The molecule has 0 bridgehead atoms. The standard InChI is InChI=1S/C26H44N2.C14H18N2/c1-3-4-5-6-7-8-9-10-11-12-13-14-15-16-17-20-23-27-24-28-26-22-19-18-21-25(26)2;1-12-7-5-6-10-14(12)16-11-15-13-8-3-2-4-9-13/h18-19,21-22H,3-17,20,23H2,1-2H3;5-7,10,13H,2-4,8-9H2,1H3. The van der Waals surface area contributed by atoms with E-state index in [2.05, 4.69) is 64.9 Å². The summed E-state index contributed by atoms with van der Waals surface area (Å²) in [6.45, 7) is 7.27. The zero-order chi connectivity index (χ0) is 31.3. The fourth-order valence-electron chi connectivity index (χ4n) is 5.63. The Morgan fingerprint density at radius 2 is 0.977 bits per heavy atom. The topological polar surface area (TPSA) is 49.4 Å². The molecule has 2 aromatic carbocycles. The summed E-state index contributed by atoms with van der Waals surface area (Å²) in [7, 11) is 0. The van der Waals surface area contributed by atoms with E-state index >= 15 is 0 Å². The first kappa shape index (κ1) is 37.4. The van der Waals surface area contributed by atoms with Crippen LogP contribution in [0.2, 0.25) is 0 Å². The molecule has 0 spiro atoms. The van der Waals surface area contributed by atoms with Crippen LogP contribution in [-0.4, -0.2) is 24.6 Å². The predicted molar refractivity (Wildman–Crippen MR) is 193 cm³/mol. The smallest absolute Gasteiger partial charge is 0.0951 e. The van der Waals surface area contributed by atoms with Crippen LogP contribution in [0.5, 0.6) is 0 Å². The number of rotatable bonds is 20. The maximum absolute atomic E-state index is 4.40. The maximum atomic E-state index is 4.40. The van der Waals surface area contributed by atoms with Crippen LogP contribution in [0.25, 0.3) is 0 Å². The van der Waals surface area contributed by atoms with E-state index in [1.165, 1.54) is 140 Å². The number of benzene rings is 2. The number of hydrogen-bond acceptors (Lipinski definition) is 4. The normalized spacial score (nSPS) is 12.8. The molecular formula is C40H62N4. The lowest BCUT2D eigenvalue weighted by Gasteiger charge is -2.15. The molecule has 0 radical (unpaired) electrons. The highest BCUT2D eigenvalue weighted by atomic mass is 14.8. The van der Waals surface area contributed by atoms with E-state index in [-0.39, 0.29) is 0 Å². The Balaban J connectivity index is 0.000000354. The van der Waals surface area contributed by atoms with E-state index in [4.69, 9.17) is 0 Å². The minimum Gasteiger partial charge on any atom is -0.225 e. The zero-order valence-electron chi connectivity index (χ0n) is 28.5. The minimum atomic E-state index is 0.460. The molecule has 44 heavy (non-hydrogen) atoms. The van der Waals surface area contributed by atoms with Gasteiger partial charge in [0.2, 0.25) is 0 Å². The molecule has 0 heterocycles. The second-order valence-electron chi connectivity index (χ2n) is 12.6. The summed E-state index contributed by atoms with van der Waals surface area (Å²) in [6, 6.07) is 22.3. The lowest BCUT2D eigenvalue weighted by Crippen LogP contribution is -2.08. The average Bonchev–Trinajstić information content (AvgIpc) is 3.05. The van der Waals surface area contributed by atoms with Gasteiger partial charge in [-0.3, -0.25) is 0 Å². The van der Waals surface area contributed by atoms with Gasteiger partial charge < -0.3 is 0 Å². The second kappa shape index (κ2) is 26.6. The molecule has 2 aromatic rings. The molecule has 0 unspecified atom stereocenters. The quantitative estimate of drug-likeness (QED) is 0.107. The Hall–Kier alpha value is -2.80. The first-order valence-corrected chi connectivity index (χ1v) is 18.1. The molecule has 1 aliphatic carbocycles. The molecular weight excluding hydrogens is 536 g/mol. The largest absolute Gasteiger partial charge is 0.225 e. The summed E-state index contributed by atoms with van der Waals surface area (Å²) < 4.78 is 0. The van der Waals surface area contributed by atoms with E-state index in [0.29, 0.717) is 6.04 Å². The van der Waals surface area contributed by atoms with Gasteiger partial charge in [-0.15, -0.1) is 0 Å². The molecule has 0 N–H and O–H groups in total. The first-order chi connectivity index (χ1) is 21.7. The Bertz CT molecular complexity index is 1100. The number of aliphatic imine (C=N–C) groups is 4. The molecule has 242 valence electrons. The van der Waals surface area contributed by atoms with Crippen molar-refractivity contribution in [3.05, 3.63) is 59.7 Å². The van der Waals surface area contributed by atoms with Gasteiger partial charge in [-0.2, -0.15) is 9.98 Å². The summed E-state index contributed by atoms with van der Waals surface area (Å²) in [5, 5.41) is 0. The number of nitrogens with zero attached hydrogens (tertiary/aromatic N) is 4. The number of para-hydroxylation sites is 2. The fraction of sp³-hybridized carbons (Fsp3) is 0.650. The lowest BCUT2D eigenvalue weighted by molar-refractivity contribution is 0.444. The van der Waals surface area contributed by atoms with Crippen LogP contribution >= 0.6 is 0 Å². The van der Waals surface area contributed by atoms with Crippen LogP contribution in [0, 0.1) is 13.8 Å². The van der Waals surface area contributed by atoms with Crippen LogP contribution in [0.15, 0.2) is 68.5 Å². The molecule has 0 aromatic heterocycles. The van der Waals surface area contributed by atoms with E-state index in [9.17, 15) is 0 Å². The van der Waals surface area contributed by atoms with Crippen molar-refractivity contribution in [3.63, 3.8) is 0 Å². The summed E-state index contributed by atoms with van der Waals surface area (Å²) >= 11 is 0. The van der Waals surface area contributed by atoms with Crippen molar-refractivity contribution in [1.29, 1.82) is 0 Å². The predicted octanol–water partition coefficient (Wildman–Crippen LogP) is 13.2. The number of aryl methyl sites for hydroxylation is 2. The third-order valence-electron chi connectivity index (χ3n) is 8.58. The summed E-state index contributed by atoms with van der Waals surface area (Å²) in [6.07, 6.45) is 28.8. The third kappa shape index (κ3) is 19.5. The minimum absolute atomic E-state index is 0.460. The van der Waals surface area contributed by atoms with Gasteiger partial charge in [0.05, 0.1) is 29.4 Å². The highest BCUT2D eigenvalue weighted by Crippen LogP contribution is 2.21. The van der Waals surface area contributed by atoms with Crippen molar-refractivity contribution in [1.82, 2.24) is 0 Å². The Labute approximate surface area is 270 Å². The Morgan fingerprint density at radius 3 is 1.45 bits per heavy atom. The number of hydrogen-bond donors (Lipinski definition) is 0. The molecule has 4 heteroatoms. The molecule has 0 amide bonds. The average molecular weight is 599 g/mol. The Morgan fingerprint density at radius 1 is 0.545 bits per heavy atom. The SMILES string of the molecule is CCCCCCCCCCCCCCCCCCN=C=Nc1ccccc1C.Cc1ccccc1N=C=NC1CCCCC1. The molecule has 1 fully saturated rings. The lowest BCUT2D eigenvalue weighted by atomic mass is 9.96. The summed E-state index contributed by atoms with van der Waals surface area (Å²) in [5.41, 5.74) is 4.29. The van der Waals surface area contributed by atoms with Crippen LogP contribution in [0.1, 0.15) is 153 Å². The van der Waals surface area contributed by atoms with Crippen LogP contribution in [0.4, 0.5) is 11.4 Å². The van der Waals surface area contributed by atoms with E-state index in [0.717, 1.165) is 24.3 Å². The van der Waals surface area contributed by atoms with Crippen molar-refractivity contribution >= 4 is 23.4 Å². The van der Waals surface area contributed by atoms with Gasteiger partial charge in [-0.05, 0) is 56.4 Å². The van der Waals surface area contributed by atoms with Crippen LogP contribution in [-0.2, 0) is 0 Å². The van der Waals surface area contributed by atoms with Crippen molar-refractivity contribution in [2.24, 2.45) is 20.0 Å². The maximum Gasteiger partial charge on any atom is 0.0951 e. The molecule has 0 aliphatic heterocycles. The Kier molecular flexibility index (Phi) is 22.6.